The van der Waals surface area contributed by atoms with Crippen LogP contribution in [0.1, 0.15) is 89.2 Å². The minimum absolute atomic E-state index is 0.187. The van der Waals surface area contributed by atoms with E-state index in [0.29, 0.717) is 0 Å². The molecule has 13 rings (SSSR count). The van der Waals surface area contributed by atoms with Crippen LogP contribution in [-0.4, -0.2) is 40.0 Å². The van der Waals surface area contributed by atoms with Crippen LogP contribution in [0.3, 0.4) is 0 Å². The fraction of sp³-hybridized carbons (Fsp3) is 0.206. The summed E-state index contributed by atoms with van der Waals surface area (Å²) in [6, 6.07) is 53.3. The lowest BCUT2D eigenvalue weighted by molar-refractivity contribution is 0.401. The first kappa shape index (κ1) is 45.2. The Balaban J connectivity index is 0.978. The summed E-state index contributed by atoms with van der Waals surface area (Å²) in [6.45, 7) is 4.63. The molecule has 0 saturated carbocycles. The highest BCUT2D eigenvalue weighted by Crippen LogP contribution is 2.56. The average Bonchev–Trinajstić information content (AvgIpc) is 4.30. The lowest BCUT2D eigenvalue weighted by Crippen LogP contribution is -2.25. The summed E-state index contributed by atoms with van der Waals surface area (Å²) in [7, 11) is 0. The molecule has 0 fully saturated rings. The maximum Gasteiger partial charge on any atom is 0.122 e. The van der Waals surface area contributed by atoms with Gasteiger partial charge in [-0.15, -0.1) is 43.1 Å². The maximum absolute atomic E-state index is 5.30. The number of thiophene rings is 2. The minimum atomic E-state index is -0.187. The van der Waals surface area contributed by atoms with Gasteiger partial charge in [0.25, 0.3) is 0 Å². The molecule has 73 heavy (non-hydrogen) atoms. The second-order valence-electron chi connectivity index (χ2n) is 19.6. The molecule has 0 N–H and O–H groups in total. The van der Waals surface area contributed by atoms with Gasteiger partial charge in [0.1, 0.15) is 22.1 Å². The van der Waals surface area contributed by atoms with E-state index in [9.17, 15) is 0 Å². The van der Waals surface area contributed by atoms with E-state index in [-0.39, 0.29) is 5.41 Å². The molecule has 358 valence electrons. The molecular formula is C63H54N8S2. The molecule has 10 heteroatoms. The zero-order valence-electron chi connectivity index (χ0n) is 41.1. The lowest BCUT2D eigenvalue weighted by Gasteiger charge is -2.33. The Morgan fingerprint density at radius 1 is 0.397 bits per heavy atom. The molecule has 6 heterocycles. The normalized spacial score (nSPS) is 12.9. The molecule has 1 aliphatic carbocycles. The summed E-state index contributed by atoms with van der Waals surface area (Å²) in [5.41, 5.74) is 17.4. The van der Waals surface area contributed by atoms with Crippen molar-refractivity contribution in [3.8, 4) is 65.6 Å². The van der Waals surface area contributed by atoms with Crippen LogP contribution in [0.15, 0.2) is 170 Å². The van der Waals surface area contributed by atoms with Crippen molar-refractivity contribution in [2.75, 3.05) is 0 Å². The first-order valence-electron chi connectivity index (χ1n) is 26.0. The van der Waals surface area contributed by atoms with E-state index in [1.165, 1.54) is 102 Å². The predicted molar refractivity (Wildman–Crippen MR) is 303 cm³/mol. The highest BCUT2D eigenvalue weighted by molar-refractivity contribution is 7.22. The molecule has 12 aromatic rings. The quantitative estimate of drug-likeness (QED) is 0.0897. The fourth-order valence-corrected chi connectivity index (χ4v) is 13.6. The van der Waals surface area contributed by atoms with Crippen LogP contribution in [0, 0.1) is 0 Å². The van der Waals surface area contributed by atoms with Crippen molar-refractivity contribution in [1.82, 2.24) is 40.0 Å². The van der Waals surface area contributed by atoms with E-state index < -0.39 is 0 Å². The number of hydrogen-bond donors (Lipinski definition) is 0. The predicted octanol–water partition coefficient (Wildman–Crippen LogP) is 17.2. The summed E-state index contributed by atoms with van der Waals surface area (Å²) in [6.07, 6.45) is 19.0. The molecule has 6 aromatic carbocycles. The smallest absolute Gasteiger partial charge is 0.122 e. The van der Waals surface area contributed by atoms with Crippen LogP contribution in [0.4, 0.5) is 0 Å². The third-order valence-corrected chi connectivity index (χ3v) is 17.4. The Hall–Kier alpha value is -7.66. The van der Waals surface area contributed by atoms with Crippen molar-refractivity contribution >= 4 is 64.9 Å². The Kier molecular flexibility index (Phi) is 11.8. The van der Waals surface area contributed by atoms with E-state index in [2.05, 4.69) is 145 Å². The first-order chi connectivity index (χ1) is 36.1. The number of hydrogen-bond acceptors (Lipinski definition) is 8. The molecule has 0 radical (unpaired) electrons. The highest BCUT2D eigenvalue weighted by Gasteiger charge is 2.43. The van der Waals surface area contributed by atoms with Gasteiger partial charge in [-0.25, -0.2) is 0 Å². The molecule has 0 atom stereocenters. The van der Waals surface area contributed by atoms with Crippen LogP contribution in [0.5, 0.6) is 0 Å². The van der Waals surface area contributed by atoms with Crippen LogP contribution in [0.2, 0.25) is 0 Å². The molecule has 0 aliphatic heterocycles. The zero-order chi connectivity index (χ0) is 48.9. The molecule has 0 bridgehead atoms. The number of pyridine rings is 2. The summed E-state index contributed by atoms with van der Waals surface area (Å²) in [5.74, 6) is 0. The van der Waals surface area contributed by atoms with Gasteiger partial charge < -0.3 is 0 Å². The molecule has 0 saturated heterocycles. The highest BCUT2D eigenvalue weighted by atomic mass is 32.1. The molecular weight excluding hydrogens is 933 g/mol. The average molecular weight is 987 g/mol. The van der Waals surface area contributed by atoms with E-state index in [0.717, 1.165) is 81.4 Å². The largest absolute Gasteiger partial charge is 0.265 e. The van der Waals surface area contributed by atoms with Crippen molar-refractivity contribution in [1.29, 1.82) is 0 Å². The molecule has 1 aliphatic rings. The van der Waals surface area contributed by atoms with Gasteiger partial charge in [-0.1, -0.05) is 150 Å². The van der Waals surface area contributed by atoms with Crippen LogP contribution >= 0.6 is 22.7 Å². The third kappa shape index (κ3) is 8.04. The van der Waals surface area contributed by atoms with Crippen LogP contribution in [-0.2, 0) is 5.41 Å². The monoisotopic (exact) mass is 986 g/mol. The second kappa shape index (κ2) is 19.1. The number of fused-ring (bicyclic) bond motifs is 7. The van der Waals surface area contributed by atoms with Crippen LogP contribution < -0.4 is 0 Å². The van der Waals surface area contributed by atoms with Crippen molar-refractivity contribution < 1.29 is 0 Å². The SMILES string of the molecule is CCCCCCC1(CCCCCC)c2cc(-c3ccc(-c4cc5ccccc5s4)c4nn(-c5ccncc5)nc34)ccc2-c2ccc(-c3ccc(-c4cc5ccccc5s4)c4nn(-c5ccncc5)nc34)cc21. The van der Waals surface area contributed by atoms with Crippen molar-refractivity contribution in [3.05, 3.63) is 182 Å². The van der Waals surface area contributed by atoms with Crippen molar-refractivity contribution in [3.63, 3.8) is 0 Å². The molecule has 6 aromatic heterocycles. The number of aromatic nitrogens is 8. The van der Waals surface area contributed by atoms with E-state index >= 15 is 0 Å². The Morgan fingerprint density at radius 3 is 1.22 bits per heavy atom. The topological polar surface area (TPSA) is 87.2 Å². The fourth-order valence-electron chi connectivity index (χ4n) is 11.5. The minimum Gasteiger partial charge on any atom is -0.265 e. The standard InChI is InChI=1S/C63H54N8S2/c1-3-5-7-13-31-63(32-14-8-6-4-2)53-37-41(47-23-25-51(57-39-43-15-9-11-17-55(43)72-57)61-59(47)66-70(68-61)45-27-33-64-34-28-45)19-21-49(53)50-22-20-42(38-54(50)63)48-24-26-52(58-40-44-16-10-12-18-56(44)73-58)62-60(48)67-71(69-62)46-29-35-65-36-30-46/h9-12,15-30,33-40H,3-8,13-14,31-32H2,1-2H3. The van der Waals surface area contributed by atoms with Crippen molar-refractivity contribution in [2.45, 2.75) is 83.5 Å². The lowest BCUT2D eigenvalue weighted by atomic mass is 9.70. The van der Waals surface area contributed by atoms with Gasteiger partial charge >= 0.3 is 0 Å². The van der Waals surface area contributed by atoms with Gasteiger partial charge in [0.2, 0.25) is 0 Å². The number of rotatable bonds is 16. The number of unbranched alkanes of at least 4 members (excludes halogenated alkanes) is 6. The molecule has 8 nitrogen and oxygen atoms in total. The van der Waals surface area contributed by atoms with Gasteiger partial charge in [-0.05, 0) is 118 Å². The number of benzene rings is 6. The summed E-state index contributed by atoms with van der Waals surface area (Å²) >= 11 is 3.61. The van der Waals surface area contributed by atoms with Gasteiger partial charge in [0.15, 0.2) is 0 Å². The second-order valence-corrected chi connectivity index (χ2v) is 21.8. The van der Waals surface area contributed by atoms with E-state index in [1.54, 1.807) is 57.1 Å². The third-order valence-electron chi connectivity index (χ3n) is 15.1. The van der Waals surface area contributed by atoms with Gasteiger partial charge in [-0.3, -0.25) is 9.97 Å². The van der Waals surface area contributed by atoms with E-state index in [1.807, 2.05) is 24.3 Å². The summed E-state index contributed by atoms with van der Waals surface area (Å²) in [5, 5.41) is 23.6. The Bertz CT molecular complexity index is 3650. The maximum atomic E-state index is 5.30. The zero-order valence-corrected chi connectivity index (χ0v) is 42.8. The summed E-state index contributed by atoms with van der Waals surface area (Å²) < 4.78 is 2.52. The van der Waals surface area contributed by atoms with E-state index in [4.69, 9.17) is 20.4 Å². The molecule has 0 spiro atoms. The Labute approximate surface area is 433 Å². The molecule has 0 unspecified atom stereocenters. The van der Waals surface area contributed by atoms with Gasteiger partial charge in [0.05, 0.1) is 11.4 Å². The van der Waals surface area contributed by atoms with Crippen molar-refractivity contribution in [2.24, 2.45) is 0 Å². The molecule has 0 amide bonds. The van der Waals surface area contributed by atoms with Gasteiger partial charge in [-0.2, -0.15) is 9.59 Å². The first-order valence-corrected chi connectivity index (χ1v) is 27.6. The Morgan fingerprint density at radius 2 is 0.795 bits per heavy atom. The van der Waals surface area contributed by atoms with Gasteiger partial charge in [0, 0.05) is 71.6 Å². The summed E-state index contributed by atoms with van der Waals surface area (Å²) in [4.78, 5) is 14.5. The number of nitrogens with zero attached hydrogens (tertiary/aromatic N) is 8. The van der Waals surface area contributed by atoms with Crippen LogP contribution in [0.25, 0.3) is 108 Å².